The summed E-state index contributed by atoms with van der Waals surface area (Å²) in [6.45, 7) is 9.71. The first-order chi connectivity index (χ1) is 15.5. The predicted octanol–water partition coefficient (Wildman–Crippen LogP) is 3.49. The largest absolute Gasteiger partial charge is 0.450 e. The maximum absolute atomic E-state index is 13.0. The molecule has 0 saturated carbocycles. The fourth-order valence-electron chi connectivity index (χ4n) is 4.04. The number of alkyl halides is 3. The lowest BCUT2D eigenvalue weighted by atomic mass is 9.82. The minimum absolute atomic E-state index is 0.166. The highest BCUT2D eigenvalue weighted by molar-refractivity contribution is 6.08. The Kier molecular flexibility index (Phi) is 6.97. The third-order valence-electron chi connectivity index (χ3n) is 5.99. The highest BCUT2D eigenvalue weighted by Gasteiger charge is 2.50. The smallest absolute Gasteiger partial charge is 0.416 e. The first kappa shape index (κ1) is 24.5. The van der Waals surface area contributed by atoms with Gasteiger partial charge >= 0.3 is 12.1 Å². The normalized spacial score (nSPS) is 18.7. The summed E-state index contributed by atoms with van der Waals surface area (Å²) in [6.07, 6.45) is -2.06. The fourth-order valence-corrected chi connectivity index (χ4v) is 4.04. The Bertz CT molecular complexity index is 991. The van der Waals surface area contributed by atoms with E-state index in [0.717, 1.165) is 18.7 Å². The van der Waals surface area contributed by atoms with Gasteiger partial charge in [0.1, 0.15) is 5.60 Å². The maximum atomic E-state index is 13.0. The summed E-state index contributed by atoms with van der Waals surface area (Å²) in [7, 11) is 1.56. The van der Waals surface area contributed by atoms with Gasteiger partial charge in [0.15, 0.2) is 0 Å². The number of piperidine rings is 1. The molecule has 0 radical (unpaired) electrons. The topological polar surface area (TPSA) is 74.2 Å². The van der Waals surface area contributed by atoms with Gasteiger partial charge in [0.05, 0.1) is 28.7 Å². The molecule has 1 aromatic rings. The molecule has 2 heterocycles. The number of carbonyl (C=O) groups is 2. The number of allylic oxidation sites excluding steroid dienone is 1. The number of likely N-dealkylation sites (tertiary alicyclic amines) is 1. The molecular formula is C23H27F3N4O3. The van der Waals surface area contributed by atoms with Crippen LogP contribution in [0.25, 0.3) is 0 Å². The molecule has 1 saturated heterocycles. The van der Waals surface area contributed by atoms with Gasteiger partial charge in [-0.1, -0.05) is 13.5 Å². The van der Waals surface area contributed by atoms with E-state index in [9.17, 15) is 22.8 Å². The van der Waals surface area contributed by atoms with E-state index in [2.05, 4.69) is 28.8 Å². The Morgan fingerprint density at radius 3 is 2.45 bits per heavy atom. The third kappa shape index (κ3) is 5.27. The standard InChI is InChI=1S/C23H27F3N4O3/c1-5-30-12-10-22(11-13-30)19(16(3)21(32)33-22)20(31)28-15(2)14-27-29(4)18-8-6-17(7-9-18)23(24,25)26/h6-9,14H,2,5,10-13H2,1,3-4H3,(H,28,31). The van der Waals surface area contributed by atoms with Crippen molar-refractivity contribution < 1.29 is 27.5 Å². The van der Waals surface area contributed by atoms with E-state index < -0.39 is 29.2 Å². The lowest BCUT2D eigenvalue weighted by Gasteiger charge is -2.38. The van der Waals surface area contributed by atoms with E-state index in [4.69, 9.17) is 4.74 Å². The van der Waals surface area contributed by atoms with E-state index >= 15 is 0 Å². The van der Waals surface area contributed by atoms with Crippen molar-refractivity contribution in [3.63, 3.8) is 0 Å². The van der Waals surface area contributed by atoms with Gasteiger partial charge in [-0.05, 0) is 37.7 Å². The molecule has 10 heteroatoms. The zero-order chi connectivity index (χ0) is 24.4. The number of nitrogens with one attached hydrogen (secondary N) is 1. The van der Waals surface area contributed by atoms with Crippen molar-refractivity contribution in [1.82, 2.24) is 10.2 Å². The highest BCUT2D eigenvalue weighted by atomic mass is 19.4. The fraction of sp³-hybridized carbons (Fsp3) is 0.435. The van der Waals surface area contributed by atoms with Crippen LogP contribution in [0.5, 0.6) is 0 Å². The molecule has 1 amide bonds. The SMILES string of the molecule is C=C(C=NN(C)c1ccc(C(F)(F)F)cc1)NC(=O)C1=C(C)C(=O)OC12CCN(CC)CC2. The van der Waals surface area contributed by atoms with Gasteiger partial charge < -0.3 is 15.0 Å². The Labute approximate surface area is 190 Å². The van der Waals surface area contributed by atoms with Crippen LogP contribution in [0.4, 0.5) is 18.9 Å². The van der Waals surface area contributed by atoms with Crippen molar-refractivity contribution >= 4 is 23.8 Å². The Morgan fingerprint density at radius 2 is 1.91 bits per heavy atom. The molecule has 0 aromatic heterocycles. The summed E-state index contributed by atoms with van der Waals surface area (Å²) in [5.41, 5.74) is -0.507. The maximum Gasteiger partial charge on any atom is 0.416 e. The van der Waals surface area contributed by atoms with Crippen LogP contribution in [-0.4, -0.2) is 55.3 Å². The van der Waals surface area contributed by atoms with Crippen LogP contribution in [0.3, 0.4) is 0 Å². The van der Waals surface area contributed by atoms with Crippen molar-refractivity contribution in [3.8, 4) is 0 Å². The number of hydrogen-bond acceptors (Lipinski definition) is 6. The van der Waals surface area contributed by atoms with Gasteiger partial charge in [0, 0.05) is 38.6 Å². The molecule has 0 atom stereocenters. The van der Waals surface area contributed by atoms with Crippen LogP contribution in [-0.2, 0) is 20.5 Å². The molecular weight excluding hydrogens is 437 g/mol. The first-order valence-corrected chi connectivity index (χ1v) is 10.6. The van der Waals surface area contributed by atoms with E-state index in [1.54, 1.807) is 14.0 Å². The minimum Gasteiger partial charge on any atom is -0.450 e. The van der Waals surface area contributed by atoms with Crippen LogP contribution in [0.15, 0.2) is 52.8 Å². The van der Waals surface area contributed by atoms with Gasteiger partial charge in [-0.15, -0.1) is 0 Å². The quantitative estimate of drug-likeness (QED) is 0.396. The summed E-state index contributed by atoms with van der Waals surface area (Å²) in [5.74, 6) is -0.969. The van der Waals surface area contributed by atoms with E-state index in [1.165, 1.54) is 23.4 Å². The second kappa shape index (κ2) is 9.38. The van der Waals surface area contributed by atoms with Gasteiger partial charge in [0.25, 0.3) is 5.91 Å². The monoisotopic (exact) mass is 464 g/mol. The summed E-state index contributed by atoms with van der Waals surface area (Å²) < 4.78 is 43.8. The van der Waals surface area contributed by atoms with Crippen LogP contribution >= 0.6 is 0 Å². The Morgan fingerprint density at radius 1 is 1.30 bits per heavy atom. The van der Waals surface area contributed by atoms with Crippen molar-refractivity contribution in [2.75, 3.05) is 31.7 Å². The molecule has 0 bridgehead atoms. The number of rotatable bonds is 6. The van der Waals surface area contributed by atoms with Crippen LogP contribution in [0, 0.1) is 0 Å². The first-order valence-electron chi connectivity index (χ1n) is 10.6. The van der Waals surface area contributed by atoms with Crippen molar-refractivity contribution in [3.05, 3.63) is 53.3 Å². The molecule has 1 aromatic carbocycles. The number of esters is 1. The summed E-state index contributed by atoms with van der Waals surface area (Å²) in [5, 5.41) is 8.11. The molecule has 1 spiro atoms. The number of hydrogen-bond donors (Lipinski definition) is 1. The summed E-state index contributed by atoms with van der Waals surface area (Å²) >= 11 is 0. The third-order valence-corrected chi connectivity index (χ3v) is 5.99. The van der Waals surface area contributed by atoms with Crippen molar-refractivity contribution in [1.29, 1.82) is 0 Å². The van der Waals surface area contributed by atoms with E-state index in [-0.39, 0.29) is 11.3 Å². The van der Waals surface area contributed by atoms with E-state index in [1.807, 2.05) is 0 Å². The molecule has 7 nitrogen and oxygen atoms in total. The lowest BCUT2D eigenvalue weighted by Crippen LogP contribution is -2.48. The van der Waals surface area contributed by atoms with Crippen molar-refractivity contribution in [2.45, 2.75) is 38.5 Å². The molecule has 0 unspecified atom stereocenters. The zero-order valence-electron chi connectivity index (χ0n) is 18.8. The van der Waals surface area contributed by atoms with Gasteiger partial charge in [-0.3, -0.25) is 9.80 Å². The summed E-state index contributed by atoms with van der Waals surface area (Å²) in [4.78, 5) is 27.5. The van der Waals surface area contributed by atoms with Gasteiger partial charge in [-0.2, -0.15) is 18.3 Å². The van der Waals surface area contributed by atoms with E-state index in [0.29, 0.717) is 37.2 Å². The number of anilines is 1. The molecule has 0 aliphatic carbocycles. The lowest BCUT2D eigenvalue weighted by molar-refractivity contribution is -0.150. The molecule has 1 N–H and O–H groups in total. The molecule has 178 valence electrons. The van der Waals surface area contributed by atoms with Crippen LogP contribution in [0.2, 0.25) is 0 Å². The van der Waals surface area contributed by atoms with Gasteiger partial charge in [-0.25, -0.2) is 4.79 Å². The highest BCUT2D eigenvalue weighted by Crippen LogP contribution is 2.41. The zero-order valence-corrected chi connectivity index (χ0v) is 18.8. The molecule has 2 aliphatic heterocycles. The Balaban J connectivity index is 1.66. The number of amides is 1. The average molecular weight is 464 g/mol. The number of ether oxygens (including phenoxy) is 1. The number of nitrogens with zero attached hydrogens (tertiary/aromatic N) is 3. The van der Waals surface area contributed by atoms with Gasteiger partial charge in [0.2, 0.25) is 0 Å². The van der Waals surface area contributed by atoms with Crippen molar-refractivity contribution in [2.24, 2.45) is 5.10 Å². The second-order valence-electron chi connectivity index (χ2n) is 8.11. The number of benzene rings is 1. The average Bonchev–Trinajstić information content (AvgIpc) is 3.01. The number of halogens is 3. The molecule has 33 heavy (non-hydrogen) atoms. The second-order valence-corrected chi connectivity index (χ2v) is 8.11. The Hall–Kier alpha value is -3.14. The van der Waals surface area contributed by atoms with Crippen LogP contribution in [0.1, 0.15) is 32.3 Å². The molecule has 1 fully saturated rings. The molecule has 3 rings (SSSR count). The number of hydrazone groups is 1. The summed E-state index contributed by atoms with van der Waals surface area (Å²) in [6, 6.07) is 4.52. The predicted molar refractivity (Wildman–Crippen MR) is 118 cm³/mol. The van der Waals surface area contributed by atoms with Crippen LogP contribution < -0.4 is 10.3 Å². The number of carbonyl (C=O) groups excluding carboxylic acids is 2. The minimum atomic E-state index is -4.42. The molecule has 2 aliphatic rings.